The number of hydrogen-bond donors (Lipinski definition) is 0. The minimum atomic E-state index is -0.798. The van der Waals surface area contributed by atoms with Crippen LogP contribution < -0.4 is 9.47 Å². The number of ether oxygens (including phenoxy) is 3. The van der Waals surface area contributed by atoms with Crippen molar-refractivity contribution in [3.8, 4) is 11.5 Å². The summed E-state index contributed by atoms with van der Waals surface area (Å²) >= 11 is 0. The van der Waals surface area contributed by atoms with Crippen molar-refractivity contribution >= 4 is 11.9 Å². The average Bonchev–Trinajstić information content (AvgIpc) is 2.72. The summed E-state index contributed by atoms with van der Waals surface area (Å²) in [5.74, 6) is -0.358. The van der Waals surface area contributed by atoms with Gasteiger partial charge in [-0.15, -0.1) is 0 Å². The van der Waals surface area contributed by atoms with Gasteiger partial charge in [0.15, 0.2) is 0 Å². The summed E-state index contributed by atoms with van der Waals surface area (Å²) in [6.07, 6.45) is 4.89. The van der Waals surface area contributed by atoms with Crippen LogP contribution in [0.25, 0.3) is 0 Å². The van der Waals surface area contributed by atoms with Crippen LogP contribution in [-0.2, 0) is 9.53 Å². The molecule has 148 valence electrons. The monoisotopic (exact) mass is 382 g/mol. The van der Waals surface area contributed by atoms with Gasteiger partial charge >= 0.3 is 11.9 Å². The molecule has 0 aliphatic heterocycles. The minimum absolute atomic E-state index is 0.263. The largest absolute Gasteiger partial charge is 0.454 e. The fourth-order valence-corrected chi connectivity index (χ4v) is 2.59. The summed E-state index contributed by atoms with van der Waals surface area (Å²) in [4.78, 5) is 24.2. The predicted molar refractivity (Wildman–Crippen MR) is 107 cm³/mol. The van der Waals surface area contributed by atoms with Gasteiger partial charge in [0.05, 0.1) is 0 Å². The molecule has 0 heterocycles. The first-order valence-corrected chi connectivity index (χ1v) is 9.50. The van der Waals surface area contributed by atoms with Crippen molar-refractivity contribution in [2.24, 2.45) is 0 Å². The molecule has 2 aromatic carbocycles. The molecule has 2 rings (SSSR count). The lowest BCUT2D eigenvalue weighted by Gasteiger charge is -2.20. The molecular formula is C23H26O5. The Balaban J connectivity index is 2.11. The van der Waals surface area contributed by atoms with Crippen molar-refractivity contribution in [3.05, 3.63) is 72.8 Å². The van der Waals surface area contributed by atoms with Crippen molar-refractivity contribution in [2.75, 3.05) is 0 Å². The molecule has 0 fully saturated rings. The van der Waals surface area contributed by atoms with Crippen LogP contribution in [0.15, 0.2) is 67.3 Å². The van der Waals surface area contributed by atoms with E-state index in [4.69, 9.17) is 14.2 Å². The van der Waals surface area contributed by atoms with Crippen molar-refractivity contribution in [1.82, 2.24) is 0 Å². The lowest BCUT2D eigenvalue weighted by Crippen LogP contribution is -2.24. The molecular weight excluding hydrogens is 356 g/mol. The van der Waals surface area contributed by atoms with Gasteiger partial charge in [-0.05, 0) is 30.7 Å². The smallest absolute Gasteiger partial charge is 0.347 e. The topological polar surface area (TPSA) is 61.8 Å². The standard InChI is InChI=1S/C23H26O5/c1-3-5-6-10-17-22(28-21(24)4-2)27-20-16-12-11-15-19(20)23(25)26-18-13-8-7-9-14-18/h4,7-9,11-16,22H,2-3,5-6,10,17H2,1H3. The second-order valence-corrected chi connectivity index (χ2v) is 6.24. The van der Waals surface area contributed by atoms with E-state index in [-0.39, 0.29) is 5.56 Å². The number of hydrogen-bond acceptors (Lipinski definition) is 5. The quantitative estimate of drug-likeness (QED) is 0.173. The molecule has 1 atom stereocenters. The third-order valence-electron chi connectivity index (χ3n) is 4.03. The number of unbranched alkanes of at least 4 members (excludes halogenated alkanes) is 3. The Bertz CT molecular complexity index is 770. The number of para-hydroxylation sites is 2. The van der Waals surface area contributed by atoms with Crippen molar-refractivity contribution < 1.29 is 23.8 Å². The summed E-state index contributed by atoms with van der Waals surface area (Å²) < 4.78 is 16.6. The summed E-state index contributed by atoms with van der Waals surface area (Å²) in [5.41, 5.74) is 0.263. The van der Waals surface area contributed by atoms with Crippen LogP contribution in [0.2, 0.25) is 0 Å². The molecule has 0 bridgehead atoms. The fourth-order valence-electron chi connectivity index (χ4n) is 2.59. The molecule has 1 unspecified atom stereocenters. The third-order valence-corrected chi connectivity index (χ3v) is 4.03. The predicted octanol–water partition coefficient (Wildman–Crippen LogP) is 5.31. The molecule has 28 heavy (non-hydrogen) atoms. The van der Waals surface area contributed by atoms with Gasteiger partial charge in [0.2, 0.25) is 6.29 Å². The Labute approximate surface area is 165 Å². The van der Waals surface area contributed by atoms with Crippen molar-refractivity contribution in [2.45, 2.75) is 45.3 Å². The number of rotatable bonds is 11. The Morgan fingerprint density at radius 1 is 1.00 bits per heavy atom. The lowest BCUT2D eigenvalue weighted by atomic mass is 10.1. The highest BCUT2D eigenvalue weighted by atomic mass is 16.7. The number of carbonyl (C=O) groups is 2. The Kier molecular flexibility index (Phi) is 8.79. The zero-order valence-corrected chi connectivity index (χ0v) is 16.1. The first-order chi connectivity index (χ1) is 13.6. The maximum absolute atomic E-state index is 12.6. The van der Waals surface area contributed by atoms with E-state index >= 15 is 0 Å². The molecule has 0 aliphatic carbocycles. The van der Waals surface area contributed by atoms with Gasteiger partial charge in [0.1, 0.15) is 17.1 Å². The van der Waals surface area contributed by atoms with Crippen LogP contribution in [-0.4, -0.2) is 18.2 Å². The zero-order chi connectivity index (χ0) is 20.2. The summed E-state index contributed by atoms with van der Waals surface area (Å²) in [5, 5.41) is 0. The SMILES string of the molecule is C=CC(=O)OC(CCCCCC)Oc1ccccc1C(=O)Oc1ccccc1. The Morgan fingerprint density at radius 2 is 1.71 bits per heavy atom. The van der Waals surface area contributed by atoms with Crippen LogP contribution in [0.1, 0.15) is 49.4 Å². The fraction of sp³-hybridized carbons (Fsp3) is 0.304. The molecule has 0 radical (unpaired) electrons. The van der Waals surface area contributed by atoms with Crippen molar-refractivity contribution in [3.63, 3.8) is 0 Å². The number of carbonyl (C=O) groups excluding carboxylic acids is 2. The minimum Gasteiger partial charge on any atom is -0.454 e. The molecule has 0 saturated heterocycles. The molecule has 0 aromatic heterocycles. The summed E-state index contributed by atoms with van der Waals surface area (Å²) in [6, 6.07) is 15.5. The van der Waals surface area contributed by atoms with Crippen LogP contribution >= 0.6 is 0 Å². The summed E-state index contributed by atoms with van der Waals surface area (Å²) in [6.45, 7) is 5.54. The molecule has 0 saturated carbocycles. The molecule has 0 amide bonds. The van der Waals surface area contributed by atoms with Crippen LogP contribution in [0.3, 0.4) is 0 Å². The third kappa shape index (κ3) is 6.91. The van der Waals surface area contributed by atoms with E-state index in [9.17, 15) is 9.59 Å². The molecule has 0 aliphatic rings. The summed E-state index contributed by atoms with van der Waals surface area (Å²) in [7, 11) is 0. The van der Waals surface area contributed by atoms with Gasteiger partial charge < -0.3 is 14.2 Å². The van der Waals surface area contributed by atoms with Gasteiger partial charge in [0.25, 0.3) is 0 Å². The molecule has 0 spiro atoms. The first-order valence-electron chi connectivity index (χ1n) is 9.50. The van der Waals surface area contributed by atoms with Gasteiger partial charge in [-0.3, -0.25) is 0 Å². The van der Waals surface area contributed by atoms with E-state index in [0.717, 1.165) is 31.8 Å². The van der Waals surface area contributed by atoms with Gasteiger partial charge in [-0.2, -0.15) is 0 Å². The maximum Gasteiger partial charge on any atom is 0.347 e. The average molecular weight is 382 g/mol. The van der Waals surface area contributed by atoms with Gasteiger partial charge in [-0.25, -0.2) is 9.59 Å². The molecule has 5 heteroatoms. The van der Waals surface area contributed by atoms with E-state index in [1.165, 1.54) is 0 Å². The van der Waals surface area contributed by atoms with E-state index in [0.29, 0.717) is 17.9 Å². The highest BCUT2D eigenvalue weighted by Crippen LogP contribution is 2.23. The lowest BCUT2D eigenvalue weighted by molar-refractivity contribution is -0.158. The maximum atomic E-state index is 12.6. The van der Waals surface area contributed by atoms with Crippen LogP contribution in [0, 0.1) is 0 Å². The Morgan fingerprint density at radius 3 is 2.43 bits per heavy atom. The molecule has 2 aromatic rings. The highest BCUT2D eigenvalue weighted by Gasteiger charge is 2.20. The number of esters is 2. The van der Waals surface area contributed by atoms with E-state index in [1.54, 1.807) is 48.5 Å². The van der Waals surface area contributed by atoms with E-state index in [2.05, 4.69) is 13.5 Å². The van der Waals surface area contributed by atoms with Gasteiger partial charge in [0, 0.05) is 12.5 Å². The number of benzene rings is 2. The van der Waals surface area contributed by atoms with Crippen LogP contribution in [0.5, 0.6) is 11.5 Å². The van der Waals surface area contributed by atoms with Crippen molar-refractivity contribution in [1.29, 1.82) is 0 Å². The highest BCUT2D eigenvalue weighted by molar-refractivity contribution is 5.94. The van der Waals surface area contributed by atoms with E-state index in [1.807, 2.05) is 6.07 Å². The second-order valence-electron chi connectivity index (χ2n) is 6.24. The molecule has 5 nitrogen and oxygen atoms in total. The van der Waals surface area contributed by atoms with Gasteiger partial charge in [-0.1, -0.05) is 63.1 Å². The normalized spacial score (nSPS) is 11.3. The second kappa shape index (κ2) is 11.6. The zero-order valence-electron chi connectivity index (χ0n) is 16.1. The first kappa shape index (κ1) is 21.2. The molecule has 0 N–H and O–H groups in total. The van der Waals surface area contributed by atoms with E-state index < -0.39 is 18.2 Å². The van der Waals surface area contributed by atoms with Crippen LogP contribution in [0.4, 0.5) is 0 Å². The Hall–Kier alpha value is -3.08.